The van der Waals surface area contributed by atoms with Crippen molar-refractivity contribution >= 4 is 11.8 Å². The van der Waals surface area contributed by atoms with Gasteiger partial charge in [0.05, 0.1) is 19.1 Å². The Hall–Kier alpha value is -1.18. The number of nitrogens with one attached hydrogen (secondary N) is 1. The van der Waals surface area contributed by atoms with E-state index in [1.165, 1.54) is 6.92 Å². The second-order valence-corrected chi connectivity index (χ2v) is 5.11. The molecule has 2 atom stereocenters. The van der Waals surface area contributed by atoms with Crippen molar-refractivity contribution in [2.75, 3.05) is 40.0 Å². The Morgan fingerprint density at radius 1 is 1.63 bits per heavy atom. The molecular formula is C12H22N2O5. The first-order valence-corrected chi connectivity index (χ1v) is 6.27. The average Bonchev–Trinajstić information content (AvgIpc) is 2.75. The van der Waals surface area contributed by atoms with Crippen LogP contribution in [0.15, 0.2) is 0 Å². The number of rotatable bonds is 7. The number of amides is 2. The molecule has 1 rings (SSSR count). The molecule has 0 radical (unpaired) electrons. The predicted molar refractivity (Wildman–Crippen MR) is 67.3 cm³/mol. The lowest BCUT2D eigenvalue weighted by Gasteiger charge is -2.22. The van der Waals surface area contributed by atoms with Crippen molar-refractivity contribution in [3.8, 4) is 0 Å². The van der Waals surface area contributed by atoms with Gasteiger partial charge in [-0.2, -0.15) is 0 Å². The Bertz CT molecular complexity index is 332. The average molecular weight is 274 g/mol. The molecule has 0 saturated carbocycles. The van der Waals surface area contributed by atoms with Crippen LogP contribution in [0.2, 0.25) is 0 Å². The minimum absolute atomic E-state index is 0.0366. The molecule has 19 heavy (non-hydrogen) atoms. The normalized spacial score (nSPS) is 22.4. The Balaban J connectivity index is 2.41. The summed E-state index contributed by atoms with van der Waals surface area (Å²) in [4.78, 5) is 25.1. The second-order valence-electron chi connectivity index (χ2n) is 5.11. The lowest BCUT2D eigenvalue weighted by Crippen LogP contribution is -2.45. The first-order valence-electron chi connectivity index (χ1n) is 6.27. The van der Waals surface area contributed by atoms with Crippen molar-refractivity contribution in [3.05, 3.63) is 0 Å². The van der Waals surface area contributed by atoms with Gasteiger partial charge in [-0.05, 0) is 6.92 Å². The van der Waals surface area contributed by atoms with Crippen LogP contribution in [-0.4, -0.2) is 72.5 Å². The number of hydrogen-bond acceptors (Lipinski definition) is 5. The van der Waals surface area contributed by atoms with Crippen LogP contribution in [0.4, 0.5) is 0 Å². The Kier molecular flexibility index (Phi) is 5.71. The quantitative estimate of drug-likeness (QED) is 0.516. The Morgan fingerprint density at radius 2 is 2.32 bits per heavy atom. The van der Waals surface area contributed by atoms with Crippen LogP contribution >= 0.6 is 0 Å². The van der Waals surface area contributed by atoms with Gasteiger partial charge in [0, 0.05) is 33.2 Å². The third-order valence-corrected chi connectivity index (χ3v) is 3.13. The van der Waals surface area contributed by atoms with E-state index in [2.05, 4.69) is 5.32 Å². The summed E-state index contributed by atoms with van der Waals surface area (Å²) in [6, 6.07) is 0. The molecule has 1 aliphatic heterocycles. The number of aliphatic hydroxyl groups excluding tert-OH is 1. The summed E-state index contributed by atoms with van der Waals surface area (Å²) in [7, 11) is 1.56. The van der Waals surface area contributed by atoms with E-state index in [0.29, 0.717) is 19.7 Å². The molecule has 1 saturated heterocycles. The molecule has 2 amide bonds. The summed E-state index contributed by atoms with van der Waals surface area (Å²) < 4.78 is 4.90. The molecule has 0 spiro atoms. The first-order chi connectivity index (χ1) is 8.89. The highest BCUT2D eigenvalue weighted by atomic mass is 16.5. The highest BCUT2D eigenvalue weighted by molar-refractivity contribution is 5.89. The van der Waals surface area contributed by atoms with E-state index in [9.17, 15) is 14.7 Å². The maximum Gasteiger partial charge on any atom is 0.225 e. The van der Waals surface area contributed by atoms with Crippen molar-refractivity contribution in [3.63, 3.8) is 0 Å². The molecule has 1 heterocycles. The van der Waals surface area contributed by atoms with Crippen LogP contribution in [-0.2, 0) is 14.3 Å². The Labute approximate surface area is 112 Å². The Morgan fingerprint density at radius 3 is 2.89 bits per heavy atom. The third kappa shape index (κ3) is 4.77. The summed E-state index contributed by atoms with van der Waals surface area (Å²) >= 11 is 0. The van der Waals surface area contributed by atoms with Crippen molar-refractivity contribution in [2.24, 2.45) is 5.92 Å². The largest absolute Gasteiger partial charge is 0.393 e. The van der Waals surface area contributed by atoms with Crippen molar-refractivity contribution in [1.82, 2.24) is 10.2 Å². The molecule has 0 aromatic rings. The molecule has 0 aromatic heterocycles. The van der Waals surface area contributed by atoms with E-state index < -0.39 is 18.1 Å². The molecule has 0 aliphatic carbocycles. The number of carbonyl (C=O) groups is 2. The lowest BCUT2D eigenvalue weighted by molar-refractivity contribution is -0.129. The molecular weight excluding hydrogens is 252 g/mol. The summed E-state index contributed by atoms with van der Waals surface area (Å²) in [5.74, 6) is -0.744. The van der Waals surface area contributed by atoms with Gasteiger partial charge in [-0.3, -0.25) is 9.59 Å². The van der Waals surface area contributed by atoms with Gasteiger partial charge in [0.1, 0.15) is 5.60 Å². The summed E-state index contributed by atoms with van der Waals surface area (Å²) in [6.07, 6.45) is 0.177. The fourth-order valence-electron chi connectivity index (χ4n) is 1.84. The lowest BCUT2D eigenvalue weighted by atomic mass is 10.1. The third-order valence-electron chi connectivity index (χ3n) is 3.13. The van der Waals surface area contributed by atoms with E-state index in [4.69, 9.17) is 9.84 Å². The van der Waals surface area contributed by atoms with Gasteiger partial charge >= 0.3 is 0 Å². The molecule has 110 valence electrons. The molecule has 0 bridgehead atoms. The number of carbonyl (C=O) groups excluding carboxylic acids is 2. The van der Waals surface area contributed by atoms with Gasteiger partial charge in [-0.25, -0.2) is 0 Å². The second kappa shape index (κ2) is 6.83. The van der Waals surface area contributed by atoms with Gasteiger partial charge < -0.3 is 25.2 Å². The number of ether oxygens (including phenoxy) is 1. The molecule has 7 nitrogen and oxygen atoms in total. The van der Waals surface area contributed by atoms with E-state index >= 15 is 0 Å². The first kappa shape index (κ1) is 15.9. The zero-order chi connectivity index (χ0) is 14.5. The zero-order valence-corrected chi connectivity index (χ0v) is 11.4. The summed E-state index contributed by atoms with van der Waals surface area (Å²) in [6.45, 7) is 2.25. The minimum Gasteiger partial charge on any atom is -0.393 e. The molecule has 7 heteroatoms. The molecule has 1 fully saturated rings. The van der Waals surface area contributed by atoms with Crippen LogP contribution in [0.5, 0.6) is 0 Å². The van der Waals surface area contributed by atoms with Crippen molar-refractivity contribution < 1.29 is 24.5 Å². The fourth-order valence-corrected chi connectivity index (χ4v) is 1.84. The van der Waals surface area contributed by atoms with Gasteiger partial charge in [-0.1, -0.05) is 0 Å². The number of hydrogen-bond donors (Lipinski definition) is 3. The highest BCUT2D eigenvalue weighted by Crippen LogP contribution is 2.17. The van der Waals surface area contributed by atoms with E-state index in [1.54, 1.807) is 12.0 Å². The van der Waals surface area contributed by atoms with E-state index in [0.717, 1.165) is 0 Å². The number of likely N-dealkylation sites (tertiary alicyclic amines) is 1. The van der Waals surface area contributed by atoms with Crippen LogP contribution in [0.3, 0.4) is 0 Å². The summed E-state index contributed by atoms with van der Waals surface area (Å²) in [5.41, 5.74) is -1.34. The standard InChI is InChI=1S/C12H22N2O5/c1-12(18,8-15)7-13-11(17)9-5-10(16)14(6-9)3-4-19-2/h9,15,18H,3-8H2,1-2H3,(H,13,17). The van der Waals surface area contributed by atoms with Crippen LogP contribution in [0.1, 0.15) is 13.3 Å². The SMILES string of the molecule is COCCN1CC(C(=O)NCC(C)(O)CO)CC1=O. The summed E-state index contributed by atoms with van der Waals surface area (Å²) in [5, 5.41) is 21.0. The van der Waals surface area contributed by atoms with Gasteiger partial charge in [-0.15, -0.1) is 0 Å². The highest BCUT2D eigenvalue weighted by Gasteiger charge is 2.34. The number of nitrogens with zero attached hydrogens (tertiary/aromatic N) is 1. The molecule has 0 aromatic carbocycles. The van der Waals surface area contributed by atoms with E-state index in [1.807, 2.05) is 0 Å². The van der Waals surface area contributed by atoms with Gasteiger partial charge in [0.2, 0.25) is 11.8 Å². The fraction of sp³-hybridized carbons (Fsp3) is 0.833. The maximum absolute atomic E-state index is 11.9. The van der Waals surface area contributed by atoms with Crippen LogP contribution in [0, 0.1) is 5.92 Å². The van der Waals surface area contributed by atoms with E-state index in [-0.39, 0.29) is 24.8 Å². The van der Waals surface area contributed by atoms with Crippen molar-refractivity contribution in [2.45, 2.75) is 18.9 Å². The minimum atomic E-state index is -1.34. The predicted octanol–water partition coefficient (Wildman–Crippen LogP) is -1.66. The van der Waals surface area contributed by atoms with Gasteiger partial charge in [0.25, 0.3) is 0 Å². The number of aliphatic hydroxyl groups is 2. The maximum atomic E-state index is 11.9. The van der Waals surface area contributed by atoms with Crippen LogP contribution < -0.4 is 5.32 Å². The van der Waals surface area contributed by atoms with Crippen molar-refractivity contribution in [1.29, 1.82) is 0 Å². The molecule has 3 N–H and O–H groups in total. The zero-order valence-electron chi connectivity index (χ0n) is 11.4. The molecule has 1 aliphatic rings. The smallest absolute Gasteiger partial charge is 0.225 e. The monoisotopic (exact) mass is 274 g/mol. The number of methoxy groups -OCH3 is 1. The topological polar surface area (TPSA) is 99.1 Å². The van der Waals surface area contributed by atoms with Crippen LogP contribution in [0.25, 0.3) is 0 Å². The molecule has 2 unspecified atom stereocenters. The van der Waals surface area contributed by atoms with Gasteiger partial charge in [0.15, 0.2) is 0 Å².